The van der Waals surface area contributed by atoms with Gasteiger partial charge in [0.2, 0.25) is 0 Å². The summed E-state index contributed by atoms with van der Waals surface area (Å²) >= 11 is 0. The lowest BCUT2D eigenvalue weighted by Gasteiger charge is -2.53. The average molecular weight is 363 g/mol. The molecule has 1 aliphatic carbocycles. The second-order valence-corrected chi connectivity index (χ2v) is 9.00. The predicted molar refractivity (Wildman–Crippen MR) is 118 cm³/mol. The minimum absolute atomic E-state index is 0.163. The van der Waals surface area contributed by atoms with Crippen LogP contribution < -0.4 is 5.43 Å². The van der Waals surface area contributed by atoms with E-state index >= 15 is 0 Å². The summed E-state index contributed by atoms with van der Waals surface area (Å²) in [6.45, 7) is 14.7. The highest BCUT2D eigenvalue weighted by atomic mass is 15.6. The highest BCUT2D eigenvalue weighted by molar-refractivity contribution is 5.81. The number of piperidine rings is 1. The first-order valence-corrected chi connectivity index (χ1v) is 10.1. The van der Waals surface area contributed by atoms with Crippen LogP contribution in [0.5, 0.6) is 0 Å². The molecule has 0 amide bonds. The Bertz CT molecular complexity index is 801. The van der Waals surface area contributed by atoms with E-state index in [9.17, 15) is 0 Å². The van der Waals surface area contributed by atoms with E-state index in [1.165, 1.54) is 47.2 Å². The normalized spacial score (nSPS) is 19.3. The number of nitrogens with zero attached hydrogens (tertiary/aromatic N) is 1. The highest BCUT2D eigenvalue weighted by Crippen LogP contribution is 2.43. The van der Waals surface area contributed by atoms with E-state index in [1.807, 2.05) is 6.92 Å². The van der Waals surface area contributed by atoms with Crippen molar-refractivity contribution in [2.75, 3.05) is 5.43 Å². The molecular formula is C25H34N2. The highest BCUT2D eigenvalue weighted by Gasteiger charge is 2.42. The van der Waals surface area contributed by atoms with Crippen molar-refractivity contribution in [1.82, 2.24) is 5.01 Å². The Balaban J connectivity index is 0.000000659. The molecule has 2 heteroatoms. The second kappa shape index (κ2) is 7.52. The molecule has 144 valence electrons. The van der Waals surface area contributed by atoms with Crippen LogP contribution in [0.25, 0.3) is 11.1 Å². The quantitative estimate of drug-likeness (QED) is 0.503. The van der Waals surface area contributed by atoms with Crippen molar-refractivity contribution in [3.8, 4) is 11.1 Å². The summed E-state index contributed by atoms with van der Waals surface area (Å²) in [7, 11) is 0. The molecule has 27 heavy (non-hydrogen) atoms. The fourth-order valence-electron chi connectivity index (χ4n) is 4.68. The first-order valence-electron chi connectivity index (χ1n) is 10.1. The van der Waals surface area contributed by atoms with Crippen molar-refractivity contribution in [2.45, 2.75) is 71.4 Å². The molecule has 2 nitrogen and oxygen atoms in total. The third-order valence-electron chi connectivity index (χ3n) is 5.87. The molecule has 1 aliphatic heterocycles. The van der Waals surface area contributed by atoms with Crippen LogP contribution in [-0.4, -0.2) is 16.1 Å². The second-order valence-electron chi connectivity index (χ2n) is 9.00. The van der Waals surface area contributed by atoms with Crippen molar-refractivity contribution >= 4 is 5.69 Å². The maximum Gasteiger partial charge on any atom is 0.0532 e. The lowest BCUT2D eigenvalue weighted by Crippen LogP contribution is -2.61. The fraction of sp³-hybridized carbons (Fsp3) is 0.440. The zero-order valence-corrected chi connectivity index (χ0v) is 17.6. The molecule has 0 spiro atoms. The molecule has 0 atom stereocenters. The van der Waals surface area contributed by atoms with E-state index in [0.717, 1.165) is 6.42 Å². The number of anilines is 1. The largest absolute Gasteiger partial charge is 0.318 e. The molecule has 0 aromatic heterocycles. The number of allylic oxidation sites excluding steroid dienone is 1. The van der Waals surface area contributed by atoms with Crippen LogP contribution in [0.1, 0.15) is 65.0 Å². The summed E-state index contributed by atoms with van der Waals surface area (Å²) in [5, 5.41) is 2.50. The van der Waals surface area contributed by atoms with Gasteiger partial charge < -0.3 is 5.43 Å². The van der Waals surface area contributed by atoms with Gasteiger partial charge in [0, 0.05) is 17.5 Å². The Morgan fingerprint density at radius 3 is 2.19 bits per heavy atom. The molecule has 0 radical (unpaired) electrons. The lowest BCUT2D eigenvalue weighted by molar-refractivity contribution is -0.00319. The van der Waals surface area contributed by atoms with E-state index in [1.54, 1.807) is 6.08 Å². The Hall–Kier alpha value is -2.06. The number of hydrogen-bond acceptors (Lipinski definition) is 2. The van der Waals surface area contributed by atoms with Gasteiger partial charge in [0.1, 0.15) is 0 Å². The maximum absolute atomic E-state index is 3.83. The van der Waals surface area contributed by atoms with E-state index in [2.05, 4.69) is 87.2 Å². The van der Waals surface area contributed by atoms with E-state index in [4.69, 9.17) is 0 Å². The van der Waals surface area contributed by atoms with Gasteiger partial charge in [-0.2, -0.15) is 0 Å². The van der Waals surface area contributed by atoms with Gasteiger partial charge in [-0.15, -0.1) is 6.58 Å². The molecule has 1 N–H and O–H groups in total. The lowest BCUT2D eigenvalue weighted by atomic mass is 9.81. The SMILES string of the molecule is C=CC.CC1(C)CCCC(C)(C)N1Nc1cccc2c1Cc1ccccc1-2. The van der Waals surface area contributed by atoms with Crippen LogP contribution in [0, 0.1) is 0 Å². The first kappa shape index (κ1) is 19.7. The maximum atomic E-state index is 3.83. The van der Waals surface area contributed by atoms with E-state index in [0.29, 0.717) is 0 Å². The summed E-state index contributed by atoms with van der Waals surface area (Å²) in [5.41, 5.74) is 11.1. The number of rotatable bonds is 2. The van der Waals surface area contributed by atoms with Crippen molar-refractivity contribution in [3.63, 3.8) is 0 Å². The van der Waals surface area contributed by atoms with Crippen molar-refractivity contribution in [1.29, 1.82) is 0 Å². The van der Waals surface area contributed by atoms with Gasteiger partial charge in [0.05, 0.1) is 5.69 Å². The molecule has 2 aromatic rings. The van der Waals surface area contributed by atoms with Crippen molar-refractivity contribution < 1.29 is 0 Å². The average Bonchev–Trinajstić information content (AvgIpc) is 2.98. The number of benzene rings is 2. The molecule has 4 rings (SSSR count). The summed E-state index contributed by atoms with van der Waals surface area (Å²) in [6.07, 6.45) is 6.55. The number of fused-ring (bicyclic) bond motifs is 3. The van der Waals surface area contributed by atoms with Crippen molar-refractivity contribution in [2.24, 2.45) is 0 Å². The zero-order valence-electron chi connectivity index (χ0n) is 17.6. The predicted octanol–water partition coefficient (Wildman–Crippen LogP) is 6.82. The number of nitrogens with one attached hydrogen (secondary N) is 1. The Labute approximate surface area is 165 Å². The summed E-state index contributed by atoms with van der Waals surface area (Å²) < 4.78 is 0. The standard InChI is InChI=1S/C22H28N2.C3H6/c1-21(2)13-8-14-22(3,4)24(21)23-20-12-7-11-18-17-10-6-5-9-16(17)15-19(18)20;1-3-2/h5-7,9-12,23H,8,13-15H2,1-4H3;3H,1H2,2H3. The molecule has 1 fully saturated rings. The number of hydrogen-bond donors (Lipinski definition) is 1. The third-order valence-corrected chi connectivity index (χ3v) is 5.87. The van der Waals surface area contributed by atoms with Crippen LogP contribution in [-0.2, 0) is 6.42 Å². The molecule has 2 aliphatic rings. The zero-order chi connectivity index (χ0) is 19.7. The molecule has 0 bridgehead atoms. The van der Waals surface area contributed by atoms with Gasteiger partial charge in [-0.05, 0) is 82.2 Å². The summed E-state index contributed by atoms with van der Waals surface area (Å²) in [4.78, 5) is 0. The molecular weight excluding hydrogens is 328 g/mol. The van der Waals surface area contributed by atoms with Crippen molar-refractivity contribution in [3.05, 3.63) is 66.2 Å². The topological polar surface area (TPSA) is 15.3 Å². The molecule has 1 saturated heterocycles. The van der Waals surface area contributed by atoms with Crippen LogP contribution in [0.2, 0.25) is 0 Å². The van der Waals surface area contributed by atoms with Crippen LogP contribution in [0.15, 0.2) is 55.1 Å². The van der Waals surface area contributed by atoms with E-state index in [-0.39, 0.29) is 11.1 Å². The van der Waals surface area contributed by atoms with Gasteiger partial charge in [-0.3, -0.25) is 0 Å². The summed E-state index contributed by atoms with van der Waals surface area (Å²) in [6, 6.07) is 15.5. The minimum atomic E-state index is 0.163. The van der Waals surface area contributed by atoms with Gasteiger partial charge in [-0.1, -0.05) is 42.5 Å². The Morgan fingerprint density at radius 2 is 1.52 bits per heavy atom. The molecule has 0 unspecified atom stereocenters. The van der Waals surface area contributed by atoms with Gasteiger partial charge in [0.15, 0.2) is 0 Å². The van der Waals surface area contributed by atoms with Crippen LogP contribution in [0.4, 0.5) is 5.69 Å². The van der Waals surface area contributed by atoms with E-state index < -0.39 is 0 Å². The Kier molecular flexibility index (Phi) is 5.48. The van der Waals surface area contributed by atoms with Gasteiger partial charge in [-0.25, -0.2) is 5.01 Å². The van der Waals surface area contributed by atoms with Gasteiger partial charge >= 0.3 is 0 Å². The van der Waals surface area contributed by atoms with Crippen LogP contribution in [0.3, 0.4) is 0 Å². The van der Waals surface area contributed by atoms with Crippen LogP contribution >= 0.6 is 0 Å². The monoisotopic (exact) mass is 362 g/mol. The smallest absolute Gasteiger partial charge is 0.0532 e. The first-order chi connectivity index (χ1) is 12.8. The summed E-state index contributed by atoms with van der Waals surface area (Å²) in [5.74, 6) is 0. The number of hydrazine groups is 1. The van der Waals surface area contributed by atoms with Gasteiger partial charge in [0.25, 0.3) is 0 Å². The fourth-order valence-corrected chi connectivity index (χ4v) is 4.68. The minimum Gasteiger partial charge on any atom is -0.318 e. The third kappa shape index (κ3) is 3.82. The molecule has 2 aromatic carbocycles. The molecule has 1 heterocycles. The Morgan fingerprint density at radius 1 is 0.926 bits per heavy atom. The molecule has 0 saturated carbocycles.